The number of aliphatic hydroxyl groups excluding tert-OH is 1. The molecule has 2 aromatic rings. The molecule has 0 radical (unpaired) electrons. The maximum atomic E-state index is 9.56. The van der Waals surface area contributed by atoms with Crippen molar-refractivity contribution in [3.8, 4) is 5.75 Å². The number of hydrogen-bond donors (Lipinski definition) is 2. The summed E-state index contributed by atoms with van der Waals surface area (Å²) in [6.45, 7) is 0.0367. The predicted octanol–water partition coefficient (Wildman–Crippen LogP) is 2.47. The van der Waals surface area contributed by atoms with Gasteiger partial charge in [-0.2, -0.15) is 0 Å². The number of ether oxygens (including phenoxy) is 1. The minimum atomic E-state index is -0.142. The van der Waals surface area contributed by atoms with Crippen LogP contribution >= 0.6 is 0 Å². The summed E-state index contributed by atoms with van der Waals surface area (Å²) in [6.07, 6.45) is 4.70. The number of rotatable bonds is 5. The van der Waals surface area contributed by atoms with E-state index in [9.17, 15) is 5.11 Å². The molecule has 4 heteroatoms. The van der Waals surface area contributed by atoms with Gasteiger partial charge in [0.2, 0.25) is 0 Å². The standard InChI is InChI=1S/C17H21NO3/c1-20-15-7-5-12-4-6-14(9-13(12)10-15)18-16(11-19)17-3-2-8-21-17/h2-3,5,7-8,10,14,16,18-19H,4,6,9,11H2,1H3/t14-,16+/m1/s1. The molecule has 0 amide bonds. The first-order valence-electron chi connectivity index (χ1n) is 7.36. The fraction of sp³-hybridized carbons (Fsp3) is 0.412. The lowest BCUT2D eigenvalue weighted by Crippen LogP contribution is -2.38. The first kappa shape index (κ1) is 14.2. The van der Waals surface area contributed by atoms with Crippen molar-refractivity contribution in [2.24, 2.45) is 0 Å². The van der Waals surface area contributed by atoms with Crippen LogP contribution in [0, 0.1) is 0 Å². The van der Waals surface area contributed by atoms with E-state index in [1.54, 1.807) is 13.4 Å². The summed E-state index contributed by atoms with van der Waals surface area (Å²) >= 11 is 0. The molecule has 1 aromatic carbocycles. The lowest BCUT2D eigenvalue weighted by atomic mass is 9.87. The third-order valence-electron chi connectivity index (χ3n) is 4.15. The van der Waals surface area contributed by atoms with Crippen molar-refractivity contribution in [1.82, 2.24) is 5.32 Å². The lowest BCUT2D eigenvalue weighted by molar-refractivity contribution is 0.210. The Balaban J connectivity index is 1.70. The second-order valence-electron chi connectivity index (χ2n) is 5.49. The number of aliphatic hydroxyl groups is 1. The molecule has 0 fully saturated rings. The Kier molecular flexibility index (Phi) is 4.27. The van der Waals surface area contributed by atoms with Crippen LogP contribution in [0.15, 0.2) is 41.0 Å². The zero-order valence-electron chi connectivity index (χ0n) is 12.2. The minimum absolute atomic E-state index is 0.0367. The van der Waals surface area contributed by atoms with Gasteiger partial charge < -0.3 is 19.6 Å². The van der Waals surface area contributed by atoms with E-state index in [0.717, 1.165) is 30.8 Å². The number of benzene rings is 1. The summed E-state index contributed by atoms with van der Waals surface area (Å²) < 4.78 is 10.7. The van der Waals surface area contributed by atoms with E-state index in [2.05, 4.69) is 17.4 Å². The highest BCUT2D eigenvalue weighted by atomic mass is 16.5. The third-order valence-corrected chi connectivity index (χ3v) is 4.15. The highest BCUT2D eigenvalue weighted by molar-refractivity contribution is 5.38. The summed E-state index contributed by atoms with van der Waals surface area (Å²) in [5.74, 6) is 1.69. The molecule has 0 spiro atoms. The van der Waals surface area contributed by atoms with Crippen LogP contribution < -0.4 is 10.1 Å². The van der Waals surface area contributed by atoms with Crippen LogP contribution in [0.25, 0.3) is 0 Å². The normalized spacial score (nSPS) is 19.0. The average molecular weight is 287 g/mol. The van der Waals surface area contributed by atoms with Gasteiger partial charge in [0, 0.05) is 6.04 Å². The van der Waals surface area contributed by atoms with Crippen molar-refractivity contribution in [2.75, 3.05) is 13.7 Å². The average Bonchev–Trinajstić information content (AvgIpc) is 3.06. The summed E-state index contributed by atoms with van der Waals surface area (Å²) in [6, 6.07) is 10.2. The molecule has 1 aliphatic carbocycles. The van der Waals surface area contributed by atoms with Crippen LogP contribution in [-0.4, -0.2) is 24.9 Å². The highest BCUT2D eigenvalue weighted by Gasteiger charge is 2.23. The van der Waals surface area contributed by atoms with Crippen LogP contribution in [0.4, 0.5) is 0 Å². The molecule has 112 valence electrons. The van der Waals surface area contributed by atoms with E-state index < -0.39 is 0 Å². The highest BCUT2D eigenvalue weighted by Crippen LogP contribution is 2.27. The molecular weight excluding hydrogens is 266 g/mol. The maximum absolute atomic E-state index is 9.56. The van der Waals surface area contributed by atoms with Crippen molar-refractivity contribution in [2.45, 2.75) is 31.3 Å². The number of fused-ring (bicyclic) bond motifs is 1. The van der Waals surface area contributed by atoms with Crippen molar-refractivity contribution in [3.05, 3.63) is 53.5 Å². The lowest BCUT2D eigenvalue weighted by Gasteiger charge is -2.28. The topological polar surface area (TPSA) is 54.6 Å². The number of hydrogen-bond acceptors (Lipinski definition) is 4. The second kappa shape index (κ2) is 6.33. The van der Waals surface area contributed by atoms with Crippen molar-refractivity contribution in [1.29, 1.82) is 0 Å². The molecule has 1 aromatic heterocycles. The summed E-state index contributed by atoms with van der Waals surface area (Å²) in [7, 11) is 1.69. The second-order valence-corrected chi connectivity index (χ2v) is 5.49. The van der Waals surface area contributed by atoms with E-state index in [4.69, 9.17) is 9.15 Å². The molecule has 3 rings (SSSR count). The predicted molar refractivity (Wildman–Crippen MR) is 80.5 cm³/mol. The molecule has 0 aliphatic heterocycles. The Morgan fingerprint density at radius 3 is 3.00 bits per heavy atom. The summed E-state index contributed by atoms with van der Waals surface area (Å²) in [5, 5.41) is 13.1. The van der Waals surface area contributed by atoms with Crippen LogP contribution in [-0.2, 0) is 12.8 Å². The Morgan fingerprint density at radius 1 is 1.38 bits per heavy atom. The molecule has 0 bridgehead atoms. The van der Waals surface area contributed by atoms with Gasteiger partial charge in [-0.25, -0.2) is 0 Å². The van der Waals surface area contributed by atoms with Gasteiger partial charge in [-0.1, -0.05) is 6.07 Å². The van der Waals surface area contributed by atoms with Crippen molar-refractivity contribution in [3.63, 3.8) is 0 Å². The Bertz CT molecular complexity index is 580. The zero-order valence-corrected chi connectivity index (χ0v) is 12.2. The molecule has 4 nitrogen and oxygen atoms in total. The molecule has 0 saturated heterocycles. The fourth-order valence-corrected chi connectivity index (χ4v) is 3.00. The quantitative estimate of drug-likeness (QED) is 0.887. The Hall–Kier alpha value is -1.78. The van der Waals surface area contributed by atoms with Crippen LogP contribution in [0.3, 0.4) is 0 Å². The Labute approximate surface area is 124 Å². The zero-order chi connectivity index (χ0) is 14.7. The van der Waals surface area contributed by atoms with Gasteiger partial charge in [-0.05, 0) is 54.7 Å². The van der Waals surface area contributed by atoms with Gasteiger partial charge in [0.15, 0.2) is 0 Å². The third kappa shape index (κ3) is 3.12. The Morgan fingerprint density at radius 2 is 2.29 bits per heavy atom. The van der Waals surface area contributed by atoms with E-state index in [1.807, 2.05) is 18.2 Å². The number of furan rings is 1. The summed E-state index contributed by atoms with van der Waals surface area (Å²) in [5.41, 5.74) is 2.72. The molecule has 0 unspecified atom stereocenters. The van der Waals surface area contributed by atoms with Gasteiger partial charge in [0.05, 0.1) is 26.0 Å². The monoisotopic (exact) mass is 287 g/mol. The van der Waals surface area contributed by atoms with E-state index in [1.165, 1.54) is 11.1 Å². The largest absolute Gasteiger partial charge is 0.497 e. The van der Waals surface area contributed by atoms with Crippen LogP contribution in [0.2, 0.25) is 0 Å². The first-order valence-corrected chi connectivity index (χ1v) is 7.36. The van der Waals surface area contributed by atoms with Gasteiger partial charge >= 0.3 is 0 Å². The smallest absolute Gasteiger partial charge is 0.123 e. The van der Waals surface area contributed by atoms with E-state index in [-0.39, 0.29) is 12.6 Å². The van der Waals surface area contributed by atoms with Crippen LogP contribution in [0.1, 0.15) is 29.3 Å². The van der Waals surface area contributed by atoms with Gasteiger partial charge in [-0.15, -0.1) is 0 Å². The number of nitrogens with one attached hydrogen (secondary N) is 1. The maximum Gasteiger partial charge on any atom is 0.123 e. The fourth-order valence-electron chi connectivity index (χ4n) is 3.00. The van der Waals surface area contributed by atoms with Crippen LogP contribution in [0.5, 0.6) is 5.75 Å². The van der Waals surface area contributed by atoms with Crippen molar-refractivity contribution < 1.29 is 14.3 Å². The first-order chi connectivity index (χ1) is 10.3. The van der Waals surface area contributed by atoms with Crippen molar-refractivity contribution >= 4 is 0 Å². The molecule has 21 heavy (non-hydrogen) atoms. The van der Waals surface area contributed by atoms with E-state index in [0.29, 0.717) is 6.04 Å². The van der Waals surface area contributed by atoms with E-state index >= 15 is 0 Å². The number of methoxy groups -OCH3 is 1. The molecule has 1 heterocycles. The summed E-state index contributed by atoms with van der Waals surface area (Å²) in [4.78, 5) is 0. The van der Waals surface area contributed by atoms with Gasteiger partial charge in [0.1, 0.15) is 11.5 Å². The molecule has 1 aliphatic rings. The molecular formula is C17H21NO3. The van der Waals surface area contributed by atoms with Gasteiger partial charge in [-0.3, -0.25) is 0 Å². The molecule has 2 N–H and O–H groups in total. The molecule has 0 saturated carbocycles. The number of aryl methyl sites for hydroxylation is 1. The minimum Gasteiger partial charge on any atom is -0.497 e. The van der Waals surface area contributed by atoms with Gasteiger partial charge in [0.25, 0.3) is 0 Å². The molecule has 2 atom stereocenters. The SMILES string of the molecule is COc1ccc2c(c1)C[C@H](N[C@@H](CO)c1ccco1)CC2.